The molecule has 1 rings (SSSR count). The van der Waals surface area contributed by atoms with Crippen LogP contribution in [-0.4, -0.2) is 22.4 Å². The molecule has 0 fully saturated rings. The first-order valence-electron chi connectivity index (χ1n) is 3.58. The van der Waals surface area contributed by atoms with E-state index in [2.05, 4.69) is 20.5 Å². The number of nitrogens with zero attached hydrogens (tertiary/aromatic N) is 3. The van der Waals surface area contributed by atoms with Crippen molar-refractivity contribution in [2.24, 2.45) is 5.10 Å². The monoisotopic (exact) mass is 216 g/mol. The van der Waals surface area contributed by atoms with Crippen LogP contribution in [-0.2, 0) is 0 Å². The minimum absolute atomic E-state index is 0.410. The molecular formula is C7H9ClN4S. The van der Waals surface area contributed by atoms with Gasteiger partial charge in [0.2, 0.25) is 0 Å². The zero-order valence-electron chi connectivity index (χ0n) is 7.28. The standard InChI is InChI=1S/C7H9ClN4S/c1-3-9-12-6-4-5(8)10-7(11-6)13-2/h3-4H,1-2H3,(H,10,11,12)/b9-3+. The predicted molar refractivity (Wildman–Crippen MR) is 56.6 cm³/mol. The van der Waals surface area contributed by atoms with E-state index in [9.17, 15) is 0 Å². The smallest absolute Gasteiger partial charge is 0.190 e. The third kappa shape index (κ3) is 3.20. The first kappa shape index (κ1) is 10.3. The molecule has 1 aromatic heterocycles. The van der Waals surface area contributed by atoms with Crippen LogP contribution in [0.4, 0.5) is 5.82 Å². The van der Waals surface area contributed by atoms with Gasteiger partial charge in [0, 0.05) is 12.3 Å². The van der Waals surface area contributed by atoms with Gasteiger partial charge in [-0.2, -0.15) is 5.10 Å². The van der Waals surface area contributed by atoms with Crippen molar-refractivity contribution < 1.29 is 0 Å². The van der Waals surface area contributed by atoms with E-state index in [1.54, 1.807) is 12.3 Å². The first-order chi connectivity index (χ1) is 6.26. The van der Waals surface area contributed by atoms with E-state index < -0.39 is 0 Å². The lowest BCUT2D eigenvalue weighted by Crippen LogP contribution is -1.95. The molecule has 0 spiro atoms. The quantitative estimate of drug-likeness (QED) is 0.277. The zero-order chi connectivity index (χ0) is 9.68. The molecular weight excluding hydrogens is 208 g/mol. The fourth-order valence-corrected chi connectivity index (χ4v) is 1.29. The van der Waals surface area contributed by atoms with E-state index in [0.29, 0.717) is 16.1 Å². The van der Waals surface area contributed by atoms with Crippen molar-refractivity contribution in [3.63, 3.8) is 0 Å². The number of aromatic nitrogens is 2. The van der Waals surface area contributed by atoms with Gasteiger partial charge in [0.15, 0.2) is 11.0 Å². The van der Waals surface area contributed by atoms with Gasteiger partial charge >= 0.3 is 0 Å². The van der Waals surface area contributed by atoms with Crippen LogP contribution in [0.2, 0.25) is 5.15 Å². The van der Waals surface area contributed by atoms with Gasteiger partial charge in [0.25, 0.3) is 0 Å². The molecule has 0 amide bonds. The van der Waals surface area contributed by atoms with Crippen molar-refractivity contribution in [1.29, 1.82) is 0 Å². The van der Waals surface area contributed by atoms with Crippen LogP contribution in [0.15, 0.2) is 16.3 Å². The maximum atomic E-state index is 5.75. The Morgan fingerprint density at radius 1 is 1.62 bits per heavy atom. The molecule has 0 atom stereocenters. The highest BCUT2D eigenvalue weighted by atomic mass is 35.5. The molecule has 1 aromatic rings. The number of hydrogen-bond donors (Lipinski definition) is 1. The zero-order valence-corrected chi connectivity index (χ0v) is 8.85. The van der Waals surface area contributed by atoms with E-state index in [4.69, 9.17) is 11.6 Å². The Bertz CT molecular complexity index is 315. The van der Waals surface area contributed by atoms with Gasteiger partial charge in [-0.05, 0) is 13.2 Å². The second kappa shape index (κ2) is 5.04. The van der Waals surface area contributed by atoms with Crippen LogP contribution in [0.1, 0.15) is 6.92 Å². The van der Waals surface area contributed by atoms with Crippen LogP contribution < -0.4 is 5.43 Å². The van der Waals surface area contributed by atoms with E-state index in [-0.39, 0.29) is 0 Å². The van der Waals surface area contributed by atoms with Crippen molar-refractivity contribution in [1.82, 2.24) is 9.97 Å². The summed E-state index contributed by atoms with van der Waals surface area (Å²) in [5, 5.41) is 4.86. The highest BCUT2D eigenvalue weighted by molar-refractivity contribution is 7.98. The number of thioether (sulfide) groups is 1. The van der Waals surface area contributed by atoms with Crippen LogP contribution >= 0.6 is 23.4 Å². The molecule has 0 aliphatic carbocycles. The summed E-state index contributed by atoms with van der Waals surface area (Å²) in [6.45, 7) is 1.81. The van der Waals surface area contributed by atoms with Crippen LogP contribution in [0.3, 0.4) is 0 Å². The molecule has 0 aliphatic heterocycles. The van der Waals surface area contributed by atoms with E-state index in [0.717, 1.165) is 0 Å². The minimum atomic E-state index is 0.410. The van der Waals surface area contributed by atoms with Crippen molar-refractivity contribution in [3.8, 4) is 0 Å². The maximum Gasteiger partial charge on any atom is 0.190 e. The molecule has 6 heteroatoms. The lowest BCUT2D eigenvalue weighted by Gasteiger charge is -2.01. The number of rotatable bonds is 3. The molecule has 70 valence electrons. The summed E-state index contributed by atoms with van der Waals surface area (Å²) in [6.07, 6.45) is 3.52. The predicted octanol–water partition coefficient (Wildman–Crippen LogP) is 2.27. The van der Waals surface area contributed by atoms with Gasteiger partial charge in [-0.3, -0.25) is 5.43 Å². The first-order valence-corrected chi connectivity index (χ1v) is 5.18. The van der Waals surface area contributed by atoms with Gasteiger partial charge in [0.1, 0.15) is 5.15 Å². The Kier molecular flexibility index (Phi) is 3.98. The van der Waals surface area contributed by atoms with Crippen molar-refractivity contribution in [3.05, 3.63) is 11.2 Å². The fourth-order valence-electron chi connectivity index (χ4n) is 0.676. The normalized spacial score (nSPS) is 10.7. The molecule has 0 bridgehead atoms. The lowest BCUT2D eigenvalue weighted by molar-refractivity contribution is 0.967. The van der Waals surface area contributed by atoms with E-state index >= 15 is 0 Å². The van der Waals surface area contributed by atoms with Crippen LogP contribution in [0.25, 0.3) is 0 Å². The van der Waals surface area contributed by atoms with Crippen LogP contribution in [0.5, 0.6) is 0 Å². The number of anilines is 1. The van der Waals surface area contributed by atoms with Gasteiger partial charge in [-0.1, -0.05) is 23.4 Å². The number of nitrogens with one attached hydrogen (secondary N) is 1. The Hall–Kier alpha value is -0.810. The molecule has 0 aromatic carbocycles. The average Bonchev–Trinajstić information content (AvgIpc) is 2.14. The summed E-state index contributed by atoms with van der Waals surface area (Å²) in [5.41, 5.74) is 2.73. The van der Waals surface area contributed by atoms with Crippen molar-refractivity contribution in [2.75, 3.05) is 11.7 Å². The minimum Gasteiger partial charge on any atom is -0.262 e. The fraction of sp³-hybridized carbons (Fsp3) is 0.286. The van der Waals surface area contributed by atoms with Gasteiger partial charge in [-0.15, -0.1) is 0 Å². The van der Waals surface area contributed by atoms with E-state index in [1.807, 2.05) is 13.2 Å². The van der Waals surface area contributed by atoms with Crippen molar-refractivity contribution in [2.45, 2.75) is 12.1 Å². The summed E-state index contributed by atoms with van der Waals surface area (Å²) < 4.78 is 0. The Morgan fingerprint density at radius 2 is 2.38 bits per heavy atom. The number of hydrogen-bond acceptors (Lipinski definition) is 5. The van der Waals surface area contributed by atoms with Crippen molar-refractivity contribution >= 4 is 35.4 Å². The summed E-state index contributed by atoms with van der Waals surface area (Å²) in [4.78, 5) is 8.12. The molecule has 0 radical (unpaired) electrons. The molecule has 1 N–H and O–H groups in total. The van der Waals surface area contributed by atoms with Crippen LogP contribution in [0, 0.1) is 0 Å². The molecule has 1 heterocycles. The third-order valence-electron chi connectivity index (χ3n) is 1.17. The molecule has 0 saturated carbocycles. The molecule has 13 heavy (non-hydrogen) atoms. The Morgan fingerprint density at radius 3 is 3.00 bits per heavy atom. The maximum absolute atomic E-state index is 5.75. The highest BCUT2D eigenvalue weighted by Gasteiger charge is 2.00. The lowest BCUT2D eigenvalue weighted by atomic mass is 10.6. The molecule has 0 aliphatic rings. The third-order valence-corrected chi connectivity index (χ3v) is 1.91. The SMILES string of the molecule is C/C=N/Nc1cc(Cl)nc(SC)n1. The average molecular weight is 217 g/mol. The topological polar surface area (TPSA) is 50.2 Å². The summed E-state index contributed by atoms with van der Waals surface area (Å²) in [6, 6.07) is 1.62. The Balaban J connectivity index is 2.87. The largest absolute Gasteiger partial charge is 0.262 e. The van der Waals surface area contributed by atoms with Gasteiger partial charge in [-0.25, -0.2) is 9.97 Å². The molecule has 0 saturated heterocycles. The highest BCUT2D eigenvalue weighted by Crippen LogP contribution is 2.16. The molecule has 4 nitrogen and oxygen atoms in total. The summed E-state index contributed by atoms with van der Waals surface area (Å²) in [7, 11) is 0. The summed E-state index contributed by atoms with van der Waals surface area (Å²) in [5.74, 6) is 0.599. The summed E-state index contributed by atoms with van der Waals surface area (Å²) >= 11 is 7.18. The second-order valence-electron chi connectivity index (χ2n) is 2.06. The second-order valence-corrected chi connectivity index (χ2v) is 3.22. The van der Waals surface area contributed by atoms with E-state index in [1.165, 1.54) is 11.8 Å². The number of hydrazone groups is 1. The van der Waals surface area contributed by atoms with Gasteiger partial charge < -0.3 is 0 Å². The molecule has 0 unspecified atom stereocenters. The Labute approximate surface area is 85.8 Å². The van der Waals surface area contributed by atoms with Gasteiger partial charge in [0.05, 0.1) is 0 Å². The number of halogens is 1.